The van der Waals surface area contributed by atoms with Crippen LogP contribution in [0.25, 0.3) is 0 Å². The van der Waals surface area contributed by atoms with Crippen LogP contribution in [0.4, 0.5) is 0 Å². The van der Waals surface area contributed by atoms with E-state index in [0.29, 0.717) is 0 Å². The normalized spacial score (nSPS) is 12.9. The van der Waals surface area contributed by atoms with Gasteiger partial charge in [0.25, 0.3) is 0 Å². The largest absolute Gasteiger partial charge is 0.0885 e. The van der Waals surface area contributed by atoms with Gasteiger partial charge in [-0.2, -0.15) is 0 Å². The molecule has 0 spiro atoms. The molecule has 0 radical (unpaired) electrons. The number of allylic oxidation sites excluding steroid dienone is 2. The molecular formula is C27H54. The van der Waals surface area contributed by atoms with Crippen molar-refractivity contribution in [2.75, 3.05) is 0 Å². The van der Waals surface area contributed by atoms with Crippen molar-refractivity contribution in [1.82, 2.24) is 0 Å². The Kier molecular flexibility index (Phi) is 23.5. The standard InChI is InChI=1S/C27H54/c1-4-6-8-10-12-14-15-16-18-20-22-24-26-27(3)25-23-21-19-17-13-11-9-7-5-2/h16,18,27H,4-15,17,19-26H2,1-3H3. The van der Waals surface area contributed by atoms with Crippen LogP contribution < -0.4 is 0 Å². The van der Waals surface area contributed by atoms with E-state index in [2.05, 4.69) is 32.9 Å². The lowest BCUT2D eigenvalue weighted by Crippen LogP contribution is -1.95. The molecule has 0 aliphatic rings. The Bertz CT molecular complexity index is 278. The summed E-state index contributed by atoms with van der Waals surface area (Å²) in [5.74, 6) is 0.946. The Morgan fingerprint density at radius 1 is 0.444 bits per heavy atom. The fourth-order valence-electron chi connectivity index (χ4n) is 3.98. The van der Waals surface area contributed by atoms with Gasteiger partial charge in [0.1, 0.15) is 0 Å². The Balaban J connectivity index is 3.20. The van der Waals surface area contributed by atoms with Gasteiger partial charge in [-0.15, -0.1) is 0 Å². The van der Waals surface area contributed by atoms with Crippen molar-refractivity contribution in [3.05, 3.63) is 12.2 Å². The average Bonchev–Trinajstić information content (AvgIpc) is 2.67. The third-order valence-corrected chi connectivity index (χ3v) is 6.01. The van der Waals surface area contributed by atoms with Crippen LogP contribution in [-0.4, -0.2) is 0 Å². The van der Waals surface area contributed by atoms with Gasteiger partial charge >= 0.3 is 0 Å². The van der Waals surface area contributed by atoms with Gasteiger partial charge in [-0.25, -0.2) is 0 Å². The van der Waals surface area contributed by atoms with E-state index in [1.165, 1.54) is 135 Å². The molecule has 0 heterocycles. The molecule has 1 unspecified atom stereocenters. The minimum absolute atomic E-state index is 0.946. The van der Waals surface area contributed by atoms with Crippen LogP contribution in [0.5, 0.6) is 0 Å². The molecule has 0 fully saturated rings. The minimum atomic E-state index is 0.946. The van der Waals surface area contributed by atoms with Crippen LogP contribution in [0.3, 0.4) is 0 Å². The lowest BCUT2D eigenvalue weighted by Gasteiger charge is -2.10. The monoisotopic (exact) mass is 378 g/mol. The molecule has 0 rings (SSSR count). The summed E-state index contributed by atoms with van der Waals surface area (Å²) in [5.41, 5.74) is 0. The van der Waals surface area contributed by atoms with Crippen LogP contribution in [-0.2, 0) is 0 Å². The second-order valence-corrected chi connectivity index (χ2v) is 9.03. The van der Waals surface area contributed by atoms with Crippen LogP contribution in [0, 0.1) is 5.92 Å². The molecule has 1 atom stereocenters. The van der Waals surface area contributed by atoms with Crippen molar-refractivity contribution < 1.29 is 0 Å². The average molecular weight is 379 g/mol. The van der Waals surface area contributed by atoms with E-state index in [1.807, 2.05) is 0 Å². The molecule has 0 saturated heterocycles. The summed E-state index contributed by atoms with van der Waals surface area (Å²) in [7, 11) is 0. The quantitative estimate of drug-likeness (QED) is 0.130. The predicted octanol–water partition coefficient (Wildman–Crippen LogP) is 10.4. The van der Waals surface area contributed by atoms with E-state index < -0.39 is 0 Å². The van der Waals surface area contributed by atoms with Crippen molar-refractivity contribution in [3.63, 3.8) is 0 Å². The number of unbranched alkanes of at least 4 members (excludes halogenated alkanes) is 16. The van der Waals surface area contributed by atoms with Gasteiger partial charge < -0.3 is 0 Å². The smallest absolute Gasteiger partial charge is 0.0351 e. The van der Waals surface area contributed by atoms with E-state index in [-0.39, 0.29) is 0 Å². The SMILES string of the molecule is CCCCCCCCC=CCCCCC(C)CCCCCCCCCCC. The summed E-state index contributed by atoms with van der Waals surface area (Å²) in [6, 6.07) is 0. The third-order valence-electron chi connectivity index (χ3n) is 6.01. The maximum atomic E-state index is 2.47. The summed E-state index contributed by atoms with van der Waals surface area (Å²) < 4.78 is 0. The molecule has 0 heteroatoms. The van der Waals surface area contributed by atoms with Gasteiger partial charge in [-0.3, -0.25) is 0 Å². The maximum absolute atomic E-state index is 2.47. The van der Waals surface area contributed by atoms with Crippen molar-refractivity contribution in [2.24, 2.45) is 5.92 Å². The topological polar surface area (TPSA) is 0 Å². The highest BCUT2D eigenvalue weighted by molar-refractivity contribution is 4.81. The highest BCUT2D eigenvalue weighted by Crippen LogP contribution is 2.18. The summed E-state index contributed by atoms with van der Waals surface area (Å²) in [5, 5.41) is 0. The first-order valence-corrected chi connectivity index (χ1v) is 13.0. The fraction of sp³-hybridized carbons (Fsp3) is 0.926. The molecule has 0 nitrogen and oxygen atoms in total. The lowest BCUT2D eigenvalue weighted by atomic mass is 9.96. The molecule has 0 bridgehead atoms. The molecule has 0 aromatic carbocycles. The summed E-state index contributed by atoms with van der Waals surface area (Å²) in [6.45, 7) is 7.06. The minimum Gasteiger partial charge on any atom is -0.0885 e. The van der Waals surface area contributed by atoms with Crippen molar-refractivity contribution in [2.45, 2.75) is 156 Å². The predicted molar refractivity (Wildman–Crippen MR) is 127 cm³/mol. The number of hydrogen-bond acceptors (Lipinski definition) is 0. The Morgan fingerprint density at radius 2 is 0.778 bits per heavy atom. The first-order valence-electron chi connectivity index (χ1n) is 13.0. The molecule has 0 aliphatic carbocycles. The van der Waals surface area contributed by atoms with E-state index in [4.69, 9.17) is 0 Å². The molecule has 27 heavy (non-hydrogen) atoms. The maximum Gasteiger partial charge on any atom is -0.0351 e. The molecule has 0 aromatic rings. The molecule has 0 aliphatic heterocycles. The van der Waals surface area contributed by atoms with Gasteiger partial charge in [-0.05, 0) is 31.6 Å². The molecule has 0 saturated carbocycles. The molecule has 0 aromatic heterocycles. The molecular weight excluding hydrogens is 324 g/mol. The van der Waals surface area contributed by atoms with E-state index in [1.54, 1.807) is 0 Å². The Hall–Kier alpha value is -0.260. The van der Waals surface area contributed by atoms with Crippen molar-refractivity contribution in [3.8, 4) is 0 Å². The number of rotatable bonds is 22. The van der Waals surface area contributed by atoms with Gasteiger partial charge in [0.2, 0.25) is 0 Å². The van der Waals surface area contributed by atoms with Gasteiger partial charge in [0.15, 0.2) is 0 Å². The lowest BCUT2D eigenvalue weighted by molar-refractivity contribution is 0.437. The highest BCUT2D eigenvalue weighted by Gasteiger charge is 2.01. The van der Waals surface area contributed by atoms with Crippen LogP contribution in [0.15, 0.2) is 12.2 Å². The van der Waals surface area contributed by atoms with Gasteiger partial charge in [-0.1, -0.05) is 142 Å². The first-order chi connectivity index (χ1) is 13.3. The second-order valence-electron chi connectivity index (χ2n) is 9.03. The van der Waals surface area contributed by atoms with Crippen molar-refractivity contribution >= 4 is 0 Å². The zero-order valence-corrected chi connectivity index (χ0v) is 19.6. The Labute approximate surface area is 174 Å². The zero-order chi connectivity index (χ0) is 19.8. The highest BCUT2D eigenvalue weighted by atomic mass is 14.1. The van der Waals surface area contributed by atoms with Gasteiger partial charge in [0, 0.05) is 0 Å². The zero-order valence-electron chi connectivity index (χ0n) is 19.6. The van der Waals surface area contributed by atoms with E-state index >= 15 is 0 Å². The fourth-order valence-corrected chi connectivity index (χ4v) is 3.98. The van der Waals surface area contributed by atoms with Crippen LogP contribution in [0.1, 0.15) is 156 Å². The molecule has 0 N–H and O–H groups in total. The first kappa shape index (κ1) is 26.7. The molecule has 162 valence electrons. The van der Waals surface area contributed by atoms with Crippen molar-refractivity contribution in [1.29, 1.82) is 0 Å². The summed E-state index contributed by atoms with van der Waals surface area (Å²) >= 11 is 0. The second kappa shape index (κ2) is 23.8. The summed E-state index contributed by atoms with van der Waals surface area (Å²) in [6.07, 6.45) is 34.8. The van der Waals surface area contributed by atoms with Gasteiger partial charge in [0.05, 0.1) is 0 Å². The van der Waals surface area contributed by atoms with Crippen LogP contribution in [0.2, 0.25) is 0 Å². The van der Waals surface area contributed by atoms with E-state index in [0.717, 1.165) is 5.92 Å². The van der Waals surface area contributed by atoms with E-state index in [9.17, 15) is 0 Å². The molecule has 0 amide bonds. The van der Waals surface area contributed by atoms with Crippen LogP contribution >= 0.6 is 0 Å². The third kappa shape index (κ3) is 23.7. The summed E-state index contributed by atoms with van der Waals surface area (Å²) in [4.78, 5) is 0. The Morgan fingerprint density at radius 3 is 1.26 bits per heavy atom. The number of hydrogen-bond donors (Lipinski definition) is 0.